The SMILES string of the molecule is C=C(C)CN1CCC(CCN2CCN(c3ccc(Cl)c(Cl)c3Cl)CC2)CC1. The Balaban J connectivity index is 1.40. The van der Waals surface area contributed by atoms with Gasteiger partial charge in [-0.2, -0.15) is 0 Å². The van der Waals surface area contributed by atoms with E-state index in [9.17, 15) is 0 Å². The molecular weight excluding hydrogens is 401 g/mol. The average molecular weight is 431 g/mol. The van der Waals surface area contributed by atoms with Crippen molar-refractivity contribution in [3.63, 3.8) is 0 Å². The van der Waals surface area contributed by atoms with Crippen LogP contribution in [-0.4, -0.2) is 62.2 Å². The minimum absolute atomic E-state index is 0.455. The molecule has 0 aromatic heterocycles. The standard InChI is InChI=1S/C21H30Cl3N3/c1-16(2)15-26-9-6-17(7-10-26)5-8-25-11-13-27(14-12-25)19-4-3-18(22)20(23)21(19)24/h3-4,17H,1,5-15H2,2H3. The molecule has 0 aliphatic carbocycles. The Bertz CT molecular complexity index is 648. The molecule has 27 heavy (non-hydrogen) atoms. The van der Waals surface area contributed by atoms with Crippen molar-refractivity contribution < 1.29 is 0 Å². The molecule has 2 heterocycles. The highest BCUT2D eigenvalue weighted by Crippen LogP contribution is 2.37. The largest absolute Gasteiger partial charge is 0.368 e. The molecule has 6 heteroatoms. The van der Waals surface area contributed by atoms with Crippen LogP contribution in [0.5, 0.6) is 0 Å². The summed E-state index contributed by atoms with van der Waals surface area (Å²) in [6, 6.07) is 3.81. The van der Waals surface area contributed by atoms with Gasteiger partial charge in [-0.05, 0) is 63.9 Å². The van der Waals surface area contributed by atoms with Gasteiger partial charge in [-0.3, -0.25) is 9.80 Å². The van der Waals surface area contributed by atoms with Gasteiger partial charge in [0.05, 0.1) is 20.8 Å². The minimum atomic E-state index is 0.455. The first-order valence-corrected chi connectivity index (χ1v) is 11.0. The number of likely N-dealkylation sites (tertiary alicyclic amines) is 1. The van der Waals surface area contributed by atoms with E-state index >= 15 is 0 Å². The zero-order valence-electron chi connectivity index (χ0n) is 16.2. The average Bonchev–Trinajstić information content (AvgIpc) is 2.66. The third-order valence-electron chi connectivity index (χ3n) is 5.78. The fraction of sp³-hybridized carbons (Fsp3) is 0.619. The van der Waals surface area contributed by atoms with E-state index in [-0.39, 0.29) is 0 Å². The van der Waals surface area contributed by atoms with Gasteiger partial charge in [-0.25, -0.2) is 0 Å². The molecule has 0 saturated carbocycles. The number of rotatable bonds is 6. The summed E-state index contributed by atoms with van der Waals surface area (Å²) in [6.07, 6.45) is 3.96. The quantitative estimate of drug-likeness (QED) is 0.439. The Labute approximate surface area is 178 Å². The molecule has 3 rings (SSSR count). The van der Waals surface area contributed by atoms with Crippen molar-refractivity contribution in [2.24, 2.45) is 5.92 Å². The topological polar surface area (TPSA) is 9.72 Å². The first kappa shape index (κ1) is 21.3. The zero-order chi connectivity index (χ0) is 19.4. The maximum absolute atomic E-state index is 6.39. The lowest BCUT2D eigenvalue weighted by Gasteiger charge is -2.38. The number of nitrogens with zero attached hydrogens (tertiary/aromatic N) is 3. The summed E-state index contributed by atoms with van der Waals surface area (Å²) in [5, 5.41) is 1.54. The van der Waals surface area contributed by atoms with Crippen LogP contribution in [0.1, 0.15) is 26.2 Å². The minimum Gasteiger partial charge on any atom is -0.368 e. The molecule has 0 radical (unpaired) electrons. The molecule has 0 spiro atoms. The van der Waals surface area contributed by atoms with E-state index in [1.54, 1.807) is 0 Å². The summed E-state index contributed by atoms with van der Waals surface area (Å²) < 4.78 is 0. The Morgan fingerprint density at radius 1 is 0.963 bits per heavy atom. The number of benzene rings is 1. The summed E-state index contributed by atoms with van der Waals surface area (Å²) >= 11 is 18.6. The summed E-state index contributed by atoms with van der Waals surface area (Å²) in [5.74, 6) is 0.869. The zero-order valence-corrected chi connectivity index (χ0v) is 18.5. The monoisotopic (exact) mass is 429 g/mol. The Morgan fingerprint density at radius 3 is 2.26 bits per heavy atom. The van der Waals surface area contributed by atoms with Gasteiger partial charge in [0.2, 0.25) is 0 Å². The molecule has 150 valence electrons. The number of piperazine rings is 1. The smallest absolute Gasteiger partial charge is 0.0840 e. The molecule has 2 saturated heterocycles. The van der Waals surface area contributed by atoms with Crippen LogP contribution in [0, 0.1) is 5.92 Å². The van der Waals surface area contributed by atoms with Crippen molar-refractivity contribution in [1.29, 1.82) is 0 Å². The normalized spacial score (nSPS) is 20.2. The van der Waals surface area contributed by atoms with Crippen LogP contribution in [0.4, 0.5) is 5.69 Å². The molecular formula is C21H30Cl3N3. The summed E-state index contributed by atoms with van der Waals surface area (Å²) in [6.45, 7) is 15.0. The summed E-state index contributed by atoms with van der Waals surface area (Å²) in [7, 11) is 0. The predicted octanol–water partition coefficient (Wildman–Crippen LogP) is 5.45. The van der Waals surface area contributed by atoms with Crippen molar-refractivity contribution in [3.05, 3.63) is 39.4 Å². The number of piperidine rings is 1. The van der Waals surface area contributed by atoms with Crippen molar-refractivity contribution in [3.8, 4) is 0 Å². The second kappa shape index (κ2) is 9.84. The lowest BCUT2D eigenvalue weighted by Crippen LogP contribution is -2.47. The van der Waals surface area contributed by atoms with Gasteiger partial charge < -0.3 is 4.90 Å². The first-order chi connectivity index (χ1) is 12.9. The fourth-order valence-corrected chi connectivity index (χ4v) is 4.80. The lowest BCUT2D eigenvalue weighted by atomic mass is 9.93. The van der Waals surface area contributed by atoms with Crippen molar-refractivity contribution in [1.82, 2.24) is 9.80 Å². The van der Waals surface area contributed by atoms with E-state index < -0.39 is 0 Å². The van der Waals surface area contributed by atoms with Crippen LogP contribution in [0.15, 0.2) is 24.3 Å². The molecule has 2 aliphatic rings. The number of hydrogen-bond donors (Lipinski definition) is 0. The highest BCUT2D eigenvalue weighted by molar-refractivity contribution is 6.49. The first-order valence-electron chi connectivity index (χ1n) is 9.91. The van der Waals surface area contributed by atoms with E-state index in [1.807, 2.05) is 12.1 Å². The molecule has 0 unspecified atom stereocenters. The molecule has 0 amide bonds. The highest BCUT2D eigenvalue weighted by Gasteiger charge is 2.23. The molecule has 1 aromatic carbocycles. The maximum atomic E-state index is 6.39. The van der Waals surface area contributed by atoms with Gasteiger partial charge in [0.25, 0.3) is 0 Å². The van der Waals surface area contributed by atoms with Gasteiger partial charge in [0.1, 0.15) is 0 Å². The van der Waals surface area contributed by atoms with Crippen LogP contribution in [-0.2, 0) is 0 Å². The molecule has 0 atom stereocenters. The van der Waals surface area contributed by atoms with Crippen molar-refractivity contribution >= 4 is 40.5 Å². The van der Waals surface area contributed by atoms with Crippen LogP contribution in [0.25, 0.3) is 0 Å². The predicted molar refractivity (Wildman–Crippen MR) is 119 cm³/mol. The van der Waals surface area contributed by atoms with Crippen LogP contribution in [0.3, 0.4) is 0 Å². The fourth-order valence-electron chi connectivity index (χ4n) is 4.15. The van der Waals surface area contributed by atoms with Gasteiger partial charge in [-0.1, -0.05) is 47.0 Å². The van der Waals surface area contributed by atoms with E-state index in [0.717, 1.165) is 44.3 Å². The molecule has 0 N–H and O–H groups in total. The second-order valence-corrected chi connectivity index (χ2v) is 9.15. The third-order valence-corrected chi connectivity index (χ3v) is 7.07. The van der Waals surface area contributed by atoms with E-state index in [0.29, 0.717) is 15.1 Å². The molecule has 1 aromatic rings. The highest BCUT2D eigenvalue weighted by atomic mass is 35.5. The second-order valence-electron chi connectivity index (χ2n) is 7.99. The Kier molecular flexibility index (Phi) is 7.75. The molecule has 2 fully saturated rings. The van der Waals surface area contributed by atoms with E-state index in [1.165, 1.54) is 44.5 Å². The summed E-state index contributed by atoms with van der Waals surface area (Å²) in [4.78, 5) is 7.44. The van der Waals surface area contributed by atoms with Crippen LogP contribution < -0.4 is 4.90 Å². The van der Waals surface area contributed by atoms with Crippen molar-refractivity contribution in [2.75, 3.05) is 57.3 Å². The van der Waals surface area contributed by atoms with Gasteiger partial charge in [-0.15, -0.1) is 0 Å². The third kappa shape index (κ3) is 5.77. The lowest BCUT2D eigenvalue weighted by molar-refractivity contribution is 0.170. The maximum Gasteiger partial charge on any atom is 0.0840 e. The van der Waals surface area contributed by atoms with Gasteiger partial charge in [0.15, 0.2) is 0 Å². The Morgan fingerprint density at radius 2 is 1.63 bits per heavy atom. The number of hydrogen-bond acceptors (Lipinski definition) is 3. The van der Waals surface area contributed by atoms with Crippen LogP contribution in [0.2, 0.25) is 15.1 Å². The van der Waals surface area contributed by atoms with E-state index in [4.69, 9.17) is 34.8 Å². The Hall–Kier alpha value is -0.450. The molecule has 3 nitrogen and oxygen atoms in total. The number of halogens is 3. The van der Waals surface area contributed by atoms with Crippen LogP contribution >= 0.6 is 34.8 Å². The molecule has 0 bridgehead atoms. The van der Waals surface area contributed by atoms with Gasteiger partial charge >= 0.3 is 0 Å². The summed E-state index contributed by atoms with van der Waals surface area (Å²) in [5.41, 5.74) is 2.27. The van der Waals surface area contributed by atoms with Gasteiger partial charge in [0, 0.05) is 32.7 Å². The molecule has 2 aliphatic heterocycles. The van der Waals surface area contributed by atoms with Crippen molar-refractivity contribution in [2.45, 2.75) is 26.2 Å². The number of anilines is 1. The van der Waals surface area contributed by atoms with E-state index in [2.05, 4.69) is 28.2 Å².